The van der Waals surface area contributed by atoms with E-state index in [-0.39, 0.29) is 5.96 Å². The molecule has 0 bridgehead atoms. The first-order valence-electron chi connectivity index (χ1n) is 6.02. The molecule has 1 aromatic rings. The van der Waals surface area contributed by atoms with Gasteiger partial charge in [0.25, 0.3) is 0 Å². The van der Waals surface area contributed by atoms with Crippen LogP contribution < -0.4 is 16.9 Å². The third-order valence-corrected chi connectivity index (χ3v) is 2.68. The predicted octanol–water partition coefficient (Wildman–Crippen LogP) is -0.926. The Labute approximate surface area is 113 Å². The van der Waals surface area contributed by atoms with E-state index < -0.39 is 0 Å². The summed E-state index contributed by atoms with van der Waals surface area (Å²) < 4.78 is 5.24. The van der Waals surface area contributed by atoms with Crippen LogP contribution in [0.15, 0.2) is 34.3 Å². The van der Waals surface area contributed by atoms with Gasteiger partial charge in [0.05, 0.1) is 18.9 Å². The smallest absolute Gasteiger partial charge is 0.223 e. The van der Waals surface area contributed by atoms with Gasteiger partial charge in [0.1, 0.15) is 7.85 Å². The van der Waals surface area contributed by atoms with Gasteiger partial charge in [-0.15, -0.1) is 0 Å². The average Bonchev–Trinajstić information content (AvgIpc) is 2.39. The molecule has 0 spiro atoms. The summed E-state index contributed by atoms with van der Waals surface area (Å²) in [5, 5.41) is 0. The zero-order valence-electron chi connectivity index (χ0n) is 10.6. The number of nitrogens with two attached hydrogens (primary N) is 2. The molecule has 0 atom stereocenters. The first-order chi connectivity index (χ1) is 9.15. The standard InChI is InChI=1S/C12H16BN5O/c13-9-2-1-3-10(8-9)16-11(14)17-12(15)18-4-6-19-7-5-18/h1-3,8H,4-7H2,(H4,14,15,16,17). The van der Waals surface area contributed by atoms with Crippen LogP contribution >= 0.6 is 0 Å². The number of hydrogen-bond donors (Lipinski definition) is 2. The monoisotopic (exact) mass is 257 g/mol. The van der Waals surface area contributed by atoms with Gasteiger partial charge in [0.2, 0.25) is 5.96 Å². The Morgan fingerprint density at radius 2 is 2.00 bits per heavy atom. The zero-order chi connectivity index (χ0) is 13.7. The van der Waals surface area contributed by atoms with Gasteiger partial charge in [-0.3, -0.25) is 0 Å². The van der Waals surface area contributed by atoms with E-state index in [2.05, 4.69) is 9.98 Å². The quantitative estimate of drug-likeness (QED) is 0.386. The molecule has 1 fully saturated rings. The average molecular weight is 257 g/mol. The van der Waals surface area contributed by atoms with E-state index in [0.29, 0.717) is 43.4 Å². The maximum Gasteiger partial charge on any atom is 0.223 e. The second-order valence-electron chi connectivity index (χ2n) is 4.13. The molecule has 0 aliphatic carbocycles. The Morgan fingerprint density at radius 1 is 1.26 bits per heavy atom. The van der Waals surface area contributed by atoms with Gasteiger partial charge < -0.3 is 21.1 Å². The Bertz CT molecular complexity index is 497. The molecule has 0 aromatic heterocycles. The first kappa shape index (κ1) is 13.4. The third kappa shape index (κ3) is 3.99. The Balaban J connectivity index is 2.08. The summed E-state index contributed by atoms with van der Waals surface area (Å²) >= 11 is 0. The van der Waals surface area contributed by atoms with Gasteiger partial charge in [-0.25, -0.2) is 4.99 Å². The lowest BCUT2D eigenvalue weighted by atomic mass is 9.96. The molecule has 2 radical (unpaired) electrons. The molecule has 1 saturated heterocycles. The molecule has 1 heterocycles. The maximum atomic E-state index is 5.87. The van der Waals surface area contributed by atoms with Crippen LogP contribution in [0.5, 0.6) is 0 Å². The largest absolute Gasteiger partial charge is 0.378 e. The molecule has 1 aliphatic rings. The van der Waals surface area contributed by atoms with E-state index in [1.54, 1.807) is 24.3 Å². The highest BCUT2D eigenvalue weighted by Gasteiger charge is 2.12. The topological polar surface area (TPSA) is 89.2 Å². The molecule has 19 heavy (non-hydrogen) atoms. The van der Waals surface area contributed by atoms with Crippen molar-refractivity contribution in [3.05, 3.63) is 24.3 Å². The second-order valence-corrected chi connectivity index (χ2v) is 4.13. The number of guanidine groups is 2. The van der Waals surface area contributed by atoms with Crippen LogP contribution in [-0.2, 0) is 4.74 Å². The minimum atomic E-state index is 0.106. The van der Waals surface area contributed by atoms with E-state index in [9.17, 15) is 0 Å². The van der Waals surface area contributed by atoms with E-state index in [4.69, 9.17) is 24.1 Å². The molecule has 0 amide bonds. The lowest BCUT2D eigenvalue weighted by Crippen LogP contribution is -2.45. The van der Waals surface area contributed by atoms with Crippen molar-refractivity contribution in [3.63, 3.8) is 0 Å². The number of hydrogen-bond acceptors (Lipinski definition) is 2. The van der Waals surface area contributed by atoms with Crippen molar-refractivity contribution < 1.29 is 4.74 Å². The van der Waals surface area contributed by atoms with Crippen molar-refractivity contribution >= 4 is 30.9 Å². The van der Waals surface area contributed by atoms with Gasteiger partial charge in [0.15, 0.2) is 5.96 Å². The molecular formula is C12H16BN5O. The molecule has 1 aromatic carbocycles. The molecule has 1 aliphatic heterocycles. The summed E-state index contributed by atoms with van der Waals surface area (Å²) in [5.41, 5.74) is 12.9. The number of benzene rings is 1. The summed E-state index contributed by atoms with van der Waals surface area (Å²) in [6.45, 7) is 2.70. The third-order valence-electron chi connectivity index (χ3n) is 2.68. The van der Waals surface area contributed by atoms with Crippen LogP contribution in [0.25, 0.3) is 0 Å². The van der Waals surface area contributed by atoms with Crippen LogP contribution in [0.4, 0.5) is 5.69 Å². The summed E-state index contributed by atoms with van der Waals surface area (Å²) in [7, 11) is 5.66. The van der Waals surface area contributed by atoms with Crippen molar-refractivity contribution in [2.24, 2.45) is 21.5 Å². The Kier molecular flexibility index (Phi) is 4.41. The molecule has 4 N–H and O–H groups in total. The van der Waals surface area contributed by atoms with Crippen molar-refractivity contribution in [1.29, 1.82) is 0 Å². The number of rotatable bonds is 1. The fraction of sp³-hybridized carbons (Fsp3) is 0.333. The number of ether oxygens (including phenoxy) is 1. The highest BCUT2D eigenvalue weighted by atomic mass is 16.5. The molecule has 0 unspecified atom stereocenters. The van der Waals surface area contributed by atoms with Crippen LogP contribution in [0, 0.1) is 0 Å². The molecule has 98 valence electrons. The minimum Gasteiger partial charge on any atom is -0.378 e. The van der Waals surface area contributed by atoms with E-state index in [1.807, 2.05) is 4.90 Å². The first-order valence-corrected chi connectivity index (χ1v) is 6.02. The zero-order valence-corrected chi connectivity index (χ0v) is 10.6. The fourth-order valence-electron chi connectivity index (χ4n) is 1.73. The highest BCUT2D eigenvalue weighted by Crippen LogP contribution is 2.08. The van der Waals surface area contributed by atoms with E-state index >= 15 is 0 Å². The number of aliphatic imine (C=N–C) groups is 2. The van der Waals surface area contributed by atoms with Crippen molar-refractivity contribution in [3.8, 4) is 0 Å². The maximum absolute atomic E-state index is 5.87. The Morgan fingerprint density at radius 3 is 2.68 bits per heavy atom. The van der Waals surface area contributed by atoms with E-state index in [0.717, 1.165) is 0 Å². The summed E-state index contributed by atoms with van der Waals surface area (Å²) in [5.74, 6) is 0.461. The van der Waals surface area contributed by atoms with Crippen LogP contribution in [0.3, 0.4) is 0 Å². The fourth-order valence-corrected chi connectivity index (χ4v) is 1.73. The number of morpholine rings is 1. The molecular weight excluding hydrogens is 241 g/mol. The van der Waals surface area contributed by atoms with Crippen molar-refractivity contribution in [1.82, 2.24) is 4.90 Å². The van der Waals surface area contributed by atoms with Gasteiger partial charge in [-0.05, 0) is 12.1 Å². The minimum absolute atomic E-state index is 0.106. The summed E-state index contributed by atoms with van der Waals surface area (Å²) in [6.07, 6.45) is 0. The molecule has 2 rings (SSSR count). The number of nitrogens with zero attached hydrogens (tertiary/aromatic N) is 3. The van der Waals surface area contributed by atoms with E-state index in [1.165, 1.54) is 0 Å². The van der Waals surface area contributed by atoms with Gasteiger partial charge in [-0.2, -0.15) is 4.99 Å². The summed E-state index contributed by atoms with van der Waals surface area (Å²) in [4.78, 5) is 10.1. The second kappa shape index (κ2) is 6.24. The normalized spacial score (nSPS) is 17.6. The SMILES string of the molecule is [B]c1cccc(N=C(N)N=C(N)N2CCOCC2)c1. The molecule has 0 saturated carbocycles. The molecule has 7 heteroatoms. The van der Waals surface area contributed by atoms with Crippen molar-refractivity contribution in [2.45, 2.75) is 0 Å². The van der Waals surface area contributed by atoms with Crippen LogP contribution in [0.1, 0.15) is 0 Å². The van der Waals surface area contributed by atoms with Gasteiger partial charge in [-0.1, -0.05) is 17.6 Å². The van der Waals surface area contributed by atoms with Crippen LogP contribution in [0.2, 0.25) is 0 Å². The van der Waals surface area contributed by atoms with Gasteiger partial charge in [0, 0.05) is 13.1 Å². The molecule has 6 nitrogen and oxygen atoms in total. The highest BCUT2D eigenvalue weighted by molar-refractivity contribution is 6.32. The summed E-state index contributed by atoms with van der Waals surface area (Å²) in [6, 6.07) is 7.09. The van der Waals surface area contributed by atoms with Gasteiger partial charge >= 0.3 is 0 Å². The predicted molar refractivity (Wildman–Crippen MR) is 77.1 cm³/mol. The lowest BCUT2D eigenvalue weighted by Gasteiger charge is -2.27. The van der Waals surface area contributed by atoms with Crippen molar-refractivity contribution in [2.75, 3.05) is 26.3 Å². The lowest BCUT2D eigenvalue weighted by molar-refractivity contribution is 0.0676. The Hall–Kier alpha value is -2.02. The van der Waals surface area contributed by atoms with Crippen LogP contribution in [-0.4, -0.2) is 51.0 Å².